The van der Waals surface area contributed by atoms with E-state index in [9.17, 15) is 9.18 Å². The van der Waals surface area contributed by atoms with Crippen LogP contribution in [0.4, 0.5) is 4.39 Å². The predicted octanol–water partition coefficient (Wildman–Crippen LogP) is 2.76. The Kier molecular flexibility index (Phi) is 9.13. The molecule has 31 heavy (non-hydrogen) atoms. The molecule has 3 aromatic rings. The van der Waals surface area contributed by atoms with Crippen LogP contribution in [0.25, 0.3) is 11.3 Å². The molecule has 3 rings (SSSR count). The average molecular weight is 467 g/mol. The molecule has 0 aliphatic carbocycles. The Hall–Kier alpha value is -2.79. The van der Waals surface area contributed by atoms with E-state index < -0.39 is 5.82 Å². The molecule has 8 nitrogen and oxygen atoms in total. The fourth-order valence-corrected chi connectivity index (χ4v) is 3.69. The topological polar surface area (TPSA) is 142 Å². The number of likely N-dealkylation sites (N-methyl/N-ethyl adjacent to an activating group) is 1. The van der Waals surface area contributed by atoms with Crippen molar-refractivity contribution in [3.8, 4) is 11.3 Å². The standard InChI is InChI=1S/C11H7ClFNO.C9H17N5OS/c12-9-3-1-7(5-10(9)13)11-4-2-8(6-15)14-11;1-5-7(4-15)16-8(14-5)6(12-2)3-13-9(10)11/h1-6,14H;6,12,15H,3-4H2,1-2H3,(H4,10,11,13). The lowest BCUT2D eigenvalue weighted by Gasteiger charge is -2.09. The summed E-state index contributed by atoms with van der Waals surface area (Å²) in [6.07, 6.45) is 0.704. The highest BCUT2D eigenvalue weighted by atomic mass is 35.5. The van der Waals surface area contributed by atoms with Crippen molar-refractivity contribution in [2.24, 2.45) is 16.5 Å². The number of halogens is 2. The minimum Gasteiger partial charge on any atom is -0.391 e. The van der Waals surface area contributed by atoms with Gasteiger partial charge in [-0.2, -0.15) is 0 Å². The van der Waals surface area contributed by atoms with Crippen molar-refractivity contribution < 1.29 is 14.3 Å². The first-order valence-corrected chi connectivity index (χ1v) is 10.4. The highest BCUT2D eigenvalue weighted by molar-refractivity contribution is 7.11. The van der Waals surface area contributed by atoms with Crippen molar-refractivity contribution in [1.29, 1.82) is 0 Å². The summed E-state index contributed by atoms with van der Waals surface area (Å²) < 4.78 is 13.1. The lowest BCUT2D eigenvalue weighted by atomic mass is 10.1. The van der Waals surface area contributed by atoms with Crippen LogP contribution in [-0.2, 0) is 6.61 Å². The Morgan fingerprint density at radius 2 is 2.16 bits per heavy atom. The predicted molar refractivity (Wildman–Crippen MR) is 122 cm³/mol. The Labute approximate surface area is 188 Å². The second kappa shape index (κ2) is 11.6. The van der Waals surface area contributed by atoms with Crippen LogP contribution in [0.3, 0.4) is 0 Å². The number of benzene rings is 1. The van der Waals surface area contributed by atoms with E-state index in [1.807, 2.05) is 14.0 Å². The van der Waals surface area contributed by atoms with Crippen molar-refractivity contribution in [1.82, 2.24) is 15.3 Å². The normalized spacial score (nSPS) is 11.4. The first kappa shape index (κ1) is 24.5. The van der Waals surface area contributed by atoms with E-state index in [2.05, 4.69) is 20.3 Å². The number of aldehydes is 1. The maximum absolute atomic E-state index is 13.1. The summed E-state index contributed by atoms with van der Waals surface area (Å²) in [6.45, 7) is 2.33. The van der Waals surface area contributed by atoms with E-state index in [0.717, 1.165) is 15.6 Å². The van der Waals surface area contributed by atoms with Crippen LogP contribution in [0.2, 0.25) is 5.02 Å². The van der Waals surface area contributed by atoms with Crippen LogP contribution in [0.5, 0.6) is 0 Å². The van der Waals surface area contributed by atoms with Crippen molar-refractivity contribution >= 4 is 35.2 Å². The number of carbonyl (C=O) groups is 1. The molecule has 7 N–H and O–H groups in total. The maximum Gasteiger partial charge on any atom is 0.185 e. The highest BCUT2D eigenvalue weighted by Gasteiger charge is 2.15. The number of aliphatic hydroxyl groups excluding tert-OH is 1. The Morgan fingerprint density at radius 3 is 2.68 bits per heavy atom. The van der Waals surface area contributed by atoms with E-state index >= 15 is 0 Å². The third-order valence-electron chi connectivity index (χ3n) is 4.22. The zero-order valence-corrected chi connectivity index (χ0v) is 18.6. The van der Waals surface area contributed by atoms with Crippen LogP contribution < -0.4 is 16.8 Å². The summed E-state index contributed by atoms with van der Waals surface area (Å²) in [5.74, 6) is -0.410. The number of hydrogen-bond acceptors (Lipinski definition) is 6. The first-order valence-electron chi connectivity index (χ1n) is 9.18. The number of thiazole rings is 1. The number of aromatic nitrogens is 2. The first-order chi connectivity index (χ1) is 14.8. The van der Waals surface area contributed by atoms with E-state index in [1.54, 1.807) is 18.2 Å². The van der Waals surface area contributed by atoms with Gasteiger partial charge in [0.2, 0.25) is 0 Å². The molecule has 0 aliphatic rings. The number of aryl methyl sites for hydroxylation is 1. The number of aliphatic imine (C=N–C) groups is 1. The molecule has 0 aliphatic heterocycles. The van der Waals surface area contributed by atoms with Gasteiger partial charge in [-0.25, -0.2) is 9.37 Å². The molecule has 0 radical (unpaired) electrons. The Bertz CT molecular complexity index is 1050. The van der Waals surface area contributed by atoms with E-state index in [1.165, 1.54) is 23.5 Å². The number of nitrogens with two attached hydrogens (primary N) is 2. The van der Waals surface area contributed by atoms with Crippen LogP contribution in [0.1, 0.15) is 32.1 Å². The fourth-order valence-electron chi connectivity index (χ4n) is 2.55. The number of aromatic amines is 1. The summed E-state index contributed by atoms with van der Waals surface area (Å²) in [6, 6.07) is 7.81. The summed E-state index contributed by atoms with van der Waals surface area (Å²) >= 11 is 7.03. The molecule has 0 amide bonds. The van der Waals surface area contributed by atoms with Gasteiger partial charge in [-0.1, -0.05) is 17.7 Å². The molecule has 0 saturated heterocycles. The van der Waals surface area contributed by atoms with Gasteiger partial charge in [0.1, 0.15) is 10.8 Å². The molecule has 166 valence electrons. The molecule has 0 saturated carbocycles. The molecule has 2 heterocycles. The van der Waals surface area contributed by atoms with E-state index in [-0.39, 0.29) is 23.6 Å². The highest BCUT2D eigenvalue weighted by Crippen LogP contribution is 2.24. The monoisotopic (exact) mass is 466 g/mol. The summed E-state index contributed by atoms with van der Waals surface area (Å²) in [4.78, 5) is 22.5. The molecule has 11 heteroatoms. The molecule has 0 spiro atoms. The molecule has 1 unspecified atom stereocenters. The van der Waals surface area contributed by atoms with Gasteiger partial charge in [0, 0.05) is 11.3 Å². The molecular weight excluding hydrogens is 443 g/mol. The van der Waals surface area contributed by atoms with Gasteiger partial charge in [0.05, 0.1) is 40.5 Å². The molecule has 1 atom stereocenters. The number of H-pyrrole nitrogens is 1. The maximum atomic E-state index is 13.1. The summed E-state index contributed by atoms with van der Waals surface area (Å²) in [5.41, 5.74) is 13.2. The van der Waals surface area contributed by atoms with Crippen molar-refractivity contribution in [3.05, 3.63) is 62.4 Å². The quantitative estimate of drug-likeness (QED) is 0.206. The zero-order chi connectivity index (χ0) is 23.0. The number of rotatable bonds is 7. The van der Waals surface area contributed by atoms with Gasteiger partial charge in [0.15, 0.2) is 12.2 Å². The van der Waals surface area contributed by atoms with Crippen LogP contribution in [0, 0.1) is 12.7 Å². The van der Waals surface area contributed by atoms with Gasteiger partial charge in [-0.05, 0) is 38.2 Å². The third-order valence-corrected chi connectivity index (χ3v) is 5.78. The van der Waals surface area contributed by atoms with Crippen molar-refractivity contribution in [2.75, 3.05) is 13.6 Å². The second-order valence-corrected chi connectivity index (χ2v) is 7.92. The van der Waals surface area contributed by atoms with Crippen LogP contribution in [0.15, 0.2) is 35.3 Å². The number of carbonyl (C=O) groups excluding carboxylic acids is 1. The van der Waals surface area contributed by atoms with Crippen LogP contribution >= 0.6 is 22.9 Å². The number of aliphatic hydroxyl groups is 1. The van der Waals surface area contributed by atoms with Crippen molar-refractivity contribution in [2.45, 2.75) is 19.6 Å². The van der Waals surface area contributed by atoms with Gasteiger partial charge in [-0.3, -0.25) is 9.79 Å². The van der Waals surface area contributed by atoms with Gasteiger partial charge >= 0.3 is 0 Å². The van der Waals surface area contributed by atoms with Gasteiger partial charge < -0.3 is 26.9 Å². The van der Waals surface area contributed by atoms with E-state index in [0.29, 0.717) is 29.8 Å². The minimum absolute atomic E-state index is 0.0161. The number of hydrogen-bond donors (Lipinski definition) is 5. The molecule has 1 aromatic carbocycles. The number of guanidine groups is 1. The lowest BCUT2D eigenvalue weighted by Crippen LogP contribution is -2.26. The largest absolute Gasteiger partial charge is 0.391 e. The Balaban J connectivity index is 0.000000220. The fraction of sp³-hybridized carbons (Fsp3) is 0.250. The Morgan fingerprint density at radius 1 is 1.42 bits per heavy atom. The SMILES string of the molecule is CNC(CN=C(N)N)c1nc(C)c(CO)s1.O=Cc1ccc(-c2ccc(Cl)c(F)c2)[nH]1. The molecule has 2 aromatic heterocycles. The second-order valence-electron chi connectivity index (χ2n) is 6.40. The van der Waals surface area contributed by atoms with E-state index in [4.69, 9.17) is 28.2 Å². The van der Waals surface area contributed by atoms with Gasteiger partial charge in [-0.15, -0.1) is 11.3 Å². The molecule has 0 bridgehead atoms. The third kappa shape index (κ3) is 6.86. The van der Waals surface area contributed by atoms with Crippen LogP contribution in [-0.4, -0.2) is 40.9 Å². The summed E-state index contributed by atoms with van der Waals surface area (Å²) in [5, 5.41) is 13.1. The lowest BCUT2D eigenvalue weighted by molar-refractivity contribution is 0.111. The smallest absolute Gasteiger partial charge is 0.185 e. The number of nitrogens with zero attached hydrogens (tertiary/aromatic N) is 2. The van der Waals surface area contributed by atoms with Gasteiger partial charge in [0.25, 0.3) is 0 Å². The molecular formula is C20H24ClFN6O2S. The zero-order valence-electron chi connectivity index (χ0n) is 17.0. The number of nitrogens with one attached hydrogen (secondary N) is 2. The summed E-state index contributed by atoms with van der Waals surface area (Å²) in [7, 11) is 1.82. The molecule has 0 fully saturated rings. The average Bonchev–Trinajstić information content (AvgIpc) is 3.37. The minimum atomic E-state index is -0.476. The van der Waals surface area contributed by atoms with Crippen molar-refractivity contribution in [3.63, 3.8) is 0 Å².